The number of aromatic nitrogens is 2. The standard InChI is InChI=1S/C8H8N2/c1-2-4-8-6-9-7-10(8)5-3-1/h1-4,6-7H,5H2. The van der Waals surface area contributed by atoms with Crippen molar-refractivity contribution >= 4 is 6.08 Å². The molecule has 2 heterocycles. The molecule has 0 aliphatic carbocycles. The molecule has 2 nitrogen and oxygen atoms in total. The molecule has 0 bridgehead atoms. The fraction of sp³-hybridized carbons (Fsp3) is 0.125. The molecule has 2 rings (SSSR count). The van der Waals surface area contributed by atoms with Gasteiger partial charge in [0.15, 0.2) is 0 Å². The molecule has 1 aliphatic rings. The van der Waals surface area contributed by atoms with E-state index in [1.165, 1.54) is 5.69 Å². The van der Waals surface area contributed by atoms with Gasteiger partial charge in [-0.05, 0) is 6.08 Å². The van der Waals surface area contributed by atoms with Gasteiger partial charge in [0, 0.05) is 6.54 Å². The molecule has 0 saturated heterocycles. The van der Waals surface area contributed by atoms with Crippen LogP contribution in [-0.2, 0) is 6.54 Å². The molecule has 50 valence electrons. The SMILES string of the molecule is C1=CCn2cncc2C=C1. The summed E-state index contributed by atoms with van der Waals surface area (Å²) in [5, 5.41) is 0. The number of rotatable bonds is 0. The van der Waals surface area contributed by atoms with Gasteiger partial charge < -0.3 is 4.57 Å². The molecule has 1 aromatic heterocycles. The van der Waals surface area contributed by atoms with Crippen LogP contribution in [0.3, 0.4) is 0 Å². The van der Waals surface area contributed by atoms with Crippen LogP contribution >= 0.6 is 0 Å². The number of fused-ring (bicyclic) bond motifs is 1. The summed E-state index contributed by atoms with van der Waals surface area (Å²) in [5.74, 6) is 0. The van der Waals surface area contributed by atoms with Gasteiger partial charge in [0.1, 0.15) is 0 Å². The maximum Gasteiger partial charge on any atom is 0.0953 e. The van der Waals surface area contributed by atoms with Crippen LogP contribution in [0.4, 0.5) is 0 Å². The highest BCUT2D eigenvalue weighted by molar-refractivity contribution is 5.47. The molecule has 0 radical (unpaired) electrons. The highest BCUT2D eigenvalue weighted by Gasteiger charge is 1.96. The molecule has 0 saturated carbocycles. The first-order valence-corrected chi connectivity index (χ1v) is 3.30. The molecular weight excluding hydrogens is 124 g/mol. The summed E-state index contributed by atoms with van der Waals surface area (Å²) in [6.07, 6.45) is 11.9. The van der Waals surface area contributed by atoms with Crippen molar-refractivity contribution in [3.8, 4) is 0 Å². The lowest BCUT2D eigenvalue weighted by Gasteiger charge is -1.96. The lowest BCUT2D eigenvalue weighted by atomic mass is 10.4. The predicted molar refractivity (Wildman–Crippen MR) is 40.4 cm³/mol. The van der Waals surface area contributed by atoms with E-state index in [9.17, 15) is 0 Å². The predicted octanol–water partition coefficient (Wildman–Crippen LogP) is 1.47. The summed E-state index contributed by atoms with van der Waals surface area (Å²) >= 11 is 0. The molecule has 10 heavy (non-hydrogen) atoms. The zero-order valence-electron chi connectivity index (χ0n) is 5.57. The van der Waals surface area contributed by atoms with E-state index in [4.69, 9.17) is 0 Å². The molecule has 2 heteroatoms. The van der Waals surface area contributed by atoms with Crippen LogP contribution < -0.4 is 0 Å². The van der Waals surface area contributed by atoms with Crippen molar-refractivity contribution in [1.29, 1.82) is 0 Å². The van der Waals surface area contributed by atoms with E-state index in [-0.39, 0.29) is 0 Å². The Bertz CT molecular complexity index is 281. The van der Waals surface area contributed by atoms with Crippen LogP contribution in [0.25, 0.3) is 6.08 Å². The lowest BCUT2D eigenvalue weighted by Crippen LogP contribution is -1.93. The normalized spacial score (nSPS) is 14.8. The second-order valence-corrected chi connectivity index (χ2v) is 2.26. The largest absolute Gasteiger partial charge is 0.327 e. The van der Waals surface area contributed by atoms with Crippen molar-refractivity contribution in [3.63, 3.8) is 0 Å². The number of allylic oxidation sites excluding steroid dienone is 3. The molecule has 1 aliphatic heterocycles. The van der Waals surface area contributed by atoms with E-state index < -0.39 is 0 Å². The highest BCUT2D eigenvalue weighted by Crippen LogP contribution is 2.05. The molecule has 0 atom stereocenters. The van der Waals surface area contributed by atoms with E-state index >= 15 is 0 Å². The van der Waals surface area contributed by atoms with Gasteiger partial charge in [-0.2, -0.15) is 0 Å². The third kappa shape index (κ3) is 0.778. The Kier molecular flexibility index (Phi) is 1.17. The Morgan fingerprint density at radius 1 is 1.40 bits per heavy atom. The molecule has 1 aromatic rings. The van der Waals surface area contributed by atoms with Crippen molar-refractivity contribution in [2.75, 3.05) is 0 Å². The van der Waals surface area contributed by atoms with Crippen LogP contribution in [-0.4, -0.2) is 9.55 Å². The van der Waals surface area contributed by atoms with Crippen molar-refractivity contribution in [1.82, 2.24) is 9.55 Å². The second kappa shape index (κ2) is 2.14. The summed E-state index contributed by atoms with van der Waals surface area (Å²) in [6, 6.07) is 0. The zero-order chi connectivity index (χ0) is 6.81. The van der Waals surface area contributed by atoms with E-state index in [1.54, 1.807) is 0 Å². The minimum atomic E-state index is 0.933. The first-order chi connectivity index (χ1) is 4.97. The minimum Gasteiger partial charge on any atom is -0.327 e. The number of nitrogens with zero attached hydrogens (tertiary/aromatic N) is 2. The molecule has 0 amide bonds. The lowest BCUT2D eigenvalue weighted by molar-refractivity contribution is 0.814. The van der Waals surface area contributed by atoms with E-state index in [1.807, 2.05) is 24.7 Å². The van der Waals surface area contributed by atoms with Gasteiger partial charge in [-0.1, -0.05) is 18.2 Å². The van der Waals surface area contributed by atoms with Gasteiger partial charge in [0.25, 0.3) is 0 Å². The molecule has 0 N–H and O–H groups in total. The van der Waals surface area contributed by atoms with Gasteiger partial charge in [-0.25, -0.2) is 4.98 Å². The fourth-order valence-corrected chi connectivity index (χ4v) is 1.03. The summed E-state index contributed by atoms with van der Waals surface area (Å²) in [5.41, 5.74) is 1.17. The molecule has 0 spiro atoms. The Morgan fingerprint density at radius 3 is 3.40 bits per heavy atom. The first kappa shape index (κ1) is 5.47. The van der Waals surface area contributed by atoms with E-state index in [0.717, 1.165) is 6.54 Å². The van der Waals surface area contributed by atoms with Crippen molar-refractivity contribution in [2.45, 2.75) is 6.54 Å². The van der Waals surface area contributed by atoms with Crippen LogP contribution in [0.2, 0.25) is 0 Å². The van der Waals surface area contributed by atoms with Crippen molar-refractivity contribution < 1.29 is 0 Å². The summed E-state index contributed by atoms with van der Waals surface area (Å²) < 4.78 is 2.10. The third-order valence-electron chi connectivity index (χ3n) is 1.56. The second-order valence-electron chi connectivity index (χ2n) is 2.26. The zero-order valence-corrected chi connectivity index (χ0v) is 5.57. The topological polar surface area (TPSA) is 17.8 Å². The monoisotopic (exact) mass is 132 g/mol. The van der Waals surface area contributed by atoms with Gasteiger partial charge in [0.05, 0.1) is 18.2 Å². The fourth-order valence-electron chi connectivity index (χ4n) is 1.03. The van der Waals surface area contributed by atoms with Crippen LogP contribution in [0.5, 0.6) is 0 Å². The summed E-state index contributed by atoms with van der Waals surface area (Å²) in [4.78, 5) is 4.02. The van der Waals surface area contributed by atoms with Gasteiger partial charge >= 0.3 is 0 Å². The minimum absolute atomic E-state index is 0.933. The van der Waals surface area contributed by atoms with Crippen LogP contribution in [0, 0.1) is 0 Å². The Labute approximate surface area is 59.5 Å². The van der Waals surface area contributed by atoms with Gasteiger partial charge in [-0.15, -0.1) is 0 Å². The Hall–Kier alpha value is -1.31. The molecule has 0 fully saturated rings. The van der Waals surface area contributed by atoms with E-state index in [0.29, 0.717) is 0 Å². The van der Waals surface area contributed by atoms with Crippen molar-refractivity contribution in [3.05, 3.63) is 36.4 Å². The molecule has 0 aromatic carbocycles. The first-order valence-electron chi connectivity index (χ1n) is 3.30. The average Bonchev–Trinajstić information content (AvgIpc) is 2.28. The third-order valence-corrected chi connectivity index (χ3v) is 1.56. The number of hydrogen-bond donors (Lipinski definition) is 0. The quantitative estimate of drug-likeness (QED) is 0.522. The summed E-state index contributed by atoms with van der Waals surface area (Å²) in [7, 11) is 0. The maximum absolute atomic E-state index is 4.02. The van der Waals surface area contributed by atoms with Gasteiger partial charge in [-0.3, -0.25) is 0 Å². The maximum atomic E-state index is 4.02. The molecule has 0 unspecified atom stereocenters. The molecular formula is C8H8N2. The van der Waals surface area contributed by atoms with Crippen LogP contribution in [0.15, 0.2) is 30.8 Å². The Balaban J connectivity index is 2.50. The van der Waals surface area contributed by atoms with Gasteiger partial charge in [0.2, 0.25) is 0 Å². The Morgan fingerprint density at radius 2 is 2.40 bits per heavy atom. The smallest absolute Gasteiger partial charge is 0.0953 e. The number of hydrogen-bond acceptors (Lipinski definition) is 1. The van der Waals surface area contributed by atoms with E-state index in [2.05, 4.69) is 21.7 Å². The van der Waals surface area contributed by atoms with Crippen LogP contribution in [0.1, 0.15) is 5.69 Å². The average molecular weight is 132 g/mol. The summed E-state index contributed by atoms with van der Waals surface area (Å²) in [6.45, 7) is 0.933. The highest BCUT2D eigenvalue weighted by atomic mass is 15.0. The van der Waals surface area contributed by atoms with Crippen molar-refractivity contribution in [2.24, 2.45) is 0 Å². The number of imidazole rings is 1.